The molecule has 0 radical (unpaired) electrons. The van der Waals surface area contributed by atoms with Crippen molar-refractivity contribution in [2.45, 2.75) is 19.4 Å². The molecule has 0 N–H and O–H groups in total. The van der Waals surface area contributed by atoms with Gasteiger partial charge in [-0.15, -0.1) is 0 Å². The van der Waals surface area contributed by atoms with Crippen LogP contribution in [-0.4, -0.2) is 73.2 Å². The SMILES string of the molecule is CCS(=O)(=O)N1CCOC[C@H]2CN(C(=O)c3cncc(Br)c3)CC[C@H]21. The molecule has 1 aromatic heterocycles. The Morgan fingerprint density at radius 3 is 2.92 bits per heavy atom. The molecule has 7 nitrogen and oxygen atoms in total. The molecular formula is C16H22BrN3O4S. The van der Waals surface area contributed by atoms with Crippen molar-refractivity contribution in [1.29, 1.82) is 0 Å². The van der Waals surface area contributed by atoms with Crippen LogP contribution in [0.5, 0.6) is 0 Å². The van der Waals surface area contributed by atoms with Crippen LogP contribution in [0.3, 0.4) is 0 Å². The minimum atomic E-state index is -3.28. The molecule has 25 heavy (non-hydrogen) atoms. The summed E-state index contributed by atoms with van der Waals surface area (Å²) >= 11 is 3.33. The maximum Gasteiger partial charge on any atom is 0.255 e. The number of hydrogen-bond acceptors (Lipinski definition) is 5. The average Bonchev–Trinajstić information content (AvgIpc) is 2.83. The summed E-state index contributed by atoms with van der Waals surface area (Å²) in [6, 6.07) is 1.65. The Bertz CT molecular complexity index is 743. The molecule has 0 spiro atoms. The molecule has 1 aromatic rings. The topological polar surface area (TPSA) is 79.8 Å². The van der Waals surface area contributed by atoms with E-state index < -0.39 is 10.0 Å². The summed E-state index contributed by atoms with van der Waals surface area (Å²) in [6.07, 6.45) is 3.81. The van der Waals surface area contributed by atoms with Crippen molar-refractivity contribution in [1.82, 2.24) is 14.2 Å². The lowest BCUT2D eigenvalue weighted by Crippen LogP contribution is -2.54. The highest BCUT2D eigenvalue weighted by Crippen LogP contribution is 2.28. The van der Waals surface area contributed by atoms with Crippen LogP contribution >= 0.6 is 15.9 Å². The van der Waals surface area contributed by atoms with Gasteiger partial charge in [-0.05, 0) is 35.3 Å². The zero-order chi connectivity index (χ0) is 18.0. The highest BCUT2D eigenvalue weighted by molar-refractivity contribution is 9.10. The first-order chi connectivity index (χ1) is 11.9. The third-order valence-corrected chi connectivity index (χ3v) is 7.14. The van der Waals surface area contributed by atoms with Crippen LogP contribution in [0.25, 0.3) is 0 Å². The van der Waals surface area contributed by atoms with Crippen molar-refractivity contribution < 1.29 is 17.9 Å². The number of aromatic nitrogens is 1. The second kappa shape index (κ2) is 7.69. The summed E-state index contributed by atoms with van der Waals surface area (Å²) in [5.74, 6) is -0.00852. The number of ether oxygens (including phenoxy) is 1. The van der Waals surface area contributed by atoms with Crippen molar-refractivity contribution in [3.8, 4) is 0 Å². The van der Waals surface area contributed by atoms with Crippen molar-refractivity contribution in [3.05, 3.63) is 28.5 Å². The third kappa shape index (κ3) is 4.05. The second-order valence-electron chi connectivity index (χ2n) is 6.35. The summed E-state index contributed by atoms with van der Waals surface area (Å²) < 4.78 is 32.8. The van der Waals surface area contributed by atoms with E-state index in [0.29, 0.717) is 44.8 Å². The molecule has 3 rings (SSSR count). The quantitative estimate of drug-likeness (QED) is 0.721. The van der Waals surface area contributed by atoms with Crippen LogP contribution in [0.1, 0.15) is 23.7 Å². The van der Waals surface area contributed by atoms with E-state index in [1.165, 1.54) is 0 Å². The molecule has 1 amide bonds. The van der Waals surface area contributed by atoms with E-state index in [-0.39, 0.29) is 23.6 Å². The predicted molar refractivity (Wildman–Crippen MR) is 96.7 cm³/mol. The predicted octanol–water partition coefficient (Wildman–Crippen LogP) is 1.36. The van der Waals surface area contributed by atoms with E-state index in [1.54, 1.807) is 34.6 Å². The Kier molecular flexibility index (Phi) is 5.77. The summed E-state index contributed by atoms with van der Waals surface area (Å²) in [4.78, 5) is 18.6. The fourth-order valence-electron chi connectivity index (χ4n) is 3.52. The molecule has 2 aliphatic rings. The number of carbonyl (C=O) groups excluding carboxylic acids is 1. The first-order valence-electron chi connectivity index (χ1n) is 8.39. The van der Waals surface area contributed by atoms with Gasteiger partial charge in [-0.3, -0.25) is 9.78 Å². The Labute approximate surface area is 156 Å². The zero-order valence-electron chi connectivity index (χ0n) is 14.1. The van der Waals surface area contributed by atoms with Crippen LogP contribution < -0.4 is 0 Å². The first-order valence-corrected chi connectivity index (χ1v) is 10.8. The fraction of sp³-hybridized carbons (Fsp3) is 0.625. The Hall–Kier alpha value is -1.03. The lowest BCUT2D eigenvalue weighted by Gasteiger charge is -2.41. The molecule has 138 valence electrons. The molecule has 3 heterocycles. The van der Waals surface area contributed by atoms with Crippen molar-refractivity contribution in [2.24, 2.45) is 5.92 Å². The van der Waals surface area contributed by atoms with Crippen LogP contribution in [-0.2, 0) is 14.8 Å². The van der Waals surface area contributed by atoms with Crippen molar-refractivity contribution in [2.75, 3.05) is 38.6 Å². The van der Waals surface area contributed by atoms with E-state index in [1.807, 2.05) is 0 Å². The van der Waals surface area contributed by atoms with Gasteiger partial charge in [0.2, 0.25) is 10.0 Å². The normalized spacial score (nSPS) is 25.3. The van der Waals surface area contributed by atoms with Gasteiger partial charge in [-0.25, -0.2) is 8.42 Å². The number of amides is 1. The van der Waals surface area contributed by atoms with Gasteiger partial charge in [-0.2, -0.15) is 4.31 Å². The van der Waals surface area contributed by atoms with Crippen molar-refractivity contribution >= 4 is 31.9 Å². The summed E-state index contributed by atoms with van der Waals surface area (Å²) in [5.41, 5.74) is 0.528. The van der Waals surface area contributed by atoms with Gasteiger partial charge >= 0.3 is 0 Å². The van der Waals surface area contributed by atoms with E-state index >= 15 is 0 Å². The fourth-order valence-corrected chi connectivity index (χ4v) is 5.26. The van der Waals surface area contributed by atoms with E-state index in [2.05, 4.69) is 20.9 Å². The number of sulfonamides is 1. The standard InChI is InChI=1S/C16H22BrN3O4S/c1-2-25(22,23)20-5-6-24-11-13-10-19(4-3-15(13)20)16(21)12-7-14(17)9-18-8-12/h7-9,13,15H,2-6,10-11H2,1H3/t13-,15-/m1/s1. The lowest BCUT2D eigenvalue weighted by molar-refractivity contribution is 0.0466. The molecule has 2 aliphatic heterocycles. The number of pyridine rings is 1. The molecule has 0 aliphatic carbocycles. The number of hydrogen-bond donors (Lipinski definition) is 0. The van der Waals surface area contributed by atoms with Crippen LogP contribution in [0.15, 0.2) is 22.9 Å². The van der Waals surface area contributed by atoms with Crippen LogP contribution in [0.2, 0.25) is 0 Å². The second-order valence-corrected chi connectivity index (χ2v) is 9.47. The minimum absolute atomic E-state index is 0.0124. The number of piperidine rings is 1. The highest BCUT2D eigenvalue weighted by Gasteiger charge is 2.40. The number of carbonyl (C=O) groups is 1. The molecule has 2 fully saturated rings. The molecule has 0 unspecified atom stereocenters. The largest absolute Gasteiger partial charge is 0.380 e. The Morgan fingerprint density at radius 2 is 2.20 bits per heavy atom. The van der Waals surface area contributed by atoms with Gasteiger partial charge in [0.25, 0.3) is 5.91 Å². The number of rotatable bonds is 3. The molecule has 2 atom stereocenters. The summed E-state index contributed by atoms with van der Waals surface area (Å²) in [5, 5.41) is 0. The van der Waals surface area contributed by atoms with Crippen LogP contribution in [0.4, 0.5) is 0 Å². The molecule has 0 bridgehead atoms. The maximum absolute atomic E-state index is 12.7. The molecule has 0 aromatic carbocycles. The zero-order valence-corrected chi connectivity index (χ0v) is 16.5. The molecule has 9 heteroatoms. The molecule has 0 saturated carbocycles. The van der Waals surface area contributed by atoms with E-state index in [9.17, 15) is 13.2 Å². The number of likely N-dealkylation sites (tertiary alicyclic amines) is 1. The smallest absolute Gasteiger partial charge is 0.255 e. The lowest BCUT2D eigenvalue weighted by atomic mass is 9.92. The highest BCUT2D eigenvalue weighted by atomic mass is 79.9. The maximum atomic E-state index is 12.7. The van der Waals surface area contributed by atoms with E-state index in [0.717, 1.165) is 4.47 Å². The minimum Gasteiger partial charge on any atom is -0.380 e. The number of halogens is 1. The van der Waals surface area contributed by atoms with Gasteiger partial charge < -0.3 is 9.64 Å². The molecular weight excluding hydrogens is 410 g/mol. The first kappa shape index (κ1) is 18.8. The van der Waals surface area contributed by atoms with E-state index in [4.69, 9.17) is 4.74 Å². The molecule has 2 saturated heterocycles. The average molecular weight is 432 g/mol. The summed E-state index contributed by atoms with van der Waals surface area (Å²) in [7, 11) is -3.28. The van der Waals surface area contributed by atoms with Crippen LogP contribution in [0, 0.1) is 5.92 Å². The van der Waals surface area contributed by atoms with Crippen molar-refractivity contribution in [3.63, 3.8) is 0 Å². The van der Waals surface area contributed by atoms with Gasteiger partial charge in [0.1, 0.15) is 0 Å². The number of nitrogens with zero attached hydrogens (tertiary/aromatic N) is 3. The van der Waals surface area contributed by atoms with Gasteiger partial charge in [-0.1, -0.05) is 0 Å². The monoisotopic (exact) mass is 431 g/mol. The number of fused-ring (bicyclic) bond motifs is 1. The Morgan fingerprint density at radius 1 is 1.40 bits per heavy atom. The van der Waals surface area contributed by atoms with Gasteiger partial charge in [0.15, 0.2) is 0 Å². The summed E-state index contributed by atoms with van der Waals surface area (Å²) in [6.45, 7) is 3.94. The Balaban J connectivity index is 1.77. The van der Waals surface area contributed by atoms with Gasteiger partial charge in [0, 0.05) is 48.5 Å². The van der Waals surface area contributed by atoms with Gasteiger partial charge in [0.05, 0.1) is 24.5 Å². The third-order valence-electron chi connectivity index (χ3n) is 4.81.